The molecule has 4 aliphatic rings. The van der Waals surface area contributed by atoms with Gasteiger partial charge in [-0.2, -0.15) is 0 Å². The fourth-order valence-electron chi connectivity index (χ4n) is 7.21. The van der Waals surface area contributed by atoms with Gasteiger partial charge < -0.3 is 27.4 Å². The molecule has 0 aliphatic heterocycles. The van der Waals surface area contributed by atoms with E-state index < -0.39 is 45.9 Å². The molecule has 0 radical (unpaired) electrons. The highest BCUT2D eigenvalue weighted by atomic mass is 16.3. The van der Waals surface area contributed by atoms with Gasteiger partial charge in [-0.1, -0.05) is 44.2 Å². The van der Waals surface area contributed by atoms with Crippen LogP contribution < -0.4 is 17.2 Å². The van der Waals surface area contributed by atoms with Gasteiger partial charge in [-0.15, -0.1) is 0 Å². The first kappa shape index (κ1) is 20.0. The Kier molecular flexibility index (Phi) is 4.03. The molecule has 3 fully saturated rings. The monoisotopic (exact) mass is 387 g/mol. The van der Waals surface area contributed by atoms with E-state index in [0.29, 0.717) is 12.8 Å². The molecule has 4 rings (SSSR count). The summed E-state index contributed by atoms with van der Waals surface area (Å²) in [6.07, 6.45) is 8.83. The van der Waals surface area contributed by atoms with Crippen molar-refractivity contribution in [2.24, 2.45) is 33.9 Å². The Morgan fingerprint density at radius 3 is 2.64 bits per heavy atom. The molecule has 6 nitrogen and oxygen atoms in total. The predicted molar refractivity (Wildman–Crippen MR) is 108 cm³/mol. The van der Waals surface area contributed by atoms with E-state index in [9.17, 15) is 15.0 Å². The van der Waals surface area contributed by atoms with E-state index >= 15 is 0 Å². The molecule has 0 spiro atoms. The lowest BCUT2D eigenvalue weighted by atomic mass is 9.40. The number of allylic oxidation sites excluding steroid dienone is 3. The lowest BCUT2D eigenvalue weighted by molar-refractivity contribution is -0.171. The highest BCUT2D eigenvalue weighted by molar-refractivity contribution is 5.90. The van der Waals surface area contributed by atoms with E-state index in [2.05, 4.69) is 25.7 Å². The SMILES string of the molecule is C=C1C=C[C@@]2(C)C(=C1)CC[C@@H]1[C@]2(N)[C@@H](N)C[C@@]2(C)[C@@]1(N)CC[C@]2(O)C(=O)CO. The summed E-state index contributed by atoms with van der Waals surface area (Å²) in [7, 11) is 0. The molecular formula is C22H33N3O3. The summed E-state index contributed by atoms with van der Waals surface area (Å²) in [5.74, 6) is -0.733. The van der Waals surface area contributed by atoms with E-state index in [1.807, 2.05) is 13.0 Å². The smallest absolute Gasteiger partial charge is 0.190 e. The summed E-state index contributed by atoms with van der Waals surface area (Å²) in [5, 5.41) is 20.9. The van der Waals surface area contributed by atoms with Crippen LogP contribution in [0.15, 0.2) is 36.0 Å². The van der Waals surface area contributed by atoms with E-state index in [0.717, 1.165) is 18.4 Å². The van der Waals surface area contributed by atoms with Gasteiger partial charge in [-0.25, -0.2) is 0 Å². The van der Waals surface area contributed by atoms with Crippen LogP contribution in [0.3, 0.4) is 0 Å². The second kappa shape index (κ2) is 5.64. The van der Waals surface area contributed by atoms with Crippen molar-refractivity contribution in [3.8, 4) is 0 Å². The normalized spacial score (nSPS) is 52.5. The Balaban J connectivity index is 1.87. The maximum atomic E-state index is 12.6. The van der Waals surface area contributed by atoms with Crippen LogP contribution in [0.1, 0.15) is 46.0 Å². The van der Waals surface area contributed by atoms with Crippen molar-refractivity contribution in [3.05, 3.63) is 36.0 Å². The Morgan fingerprint density at radius 2 is 2.00 bits per heavy atom. The van der Waals surface area contributed by atoms with Gasteiger partial charge in [0.05, 0.1) is 0 Å². The quantitative estimate of drug-likeness (QED) is 0.473. The highest BCUT2D eigenvalue weighted by Crippen LogP contribution is 2.68. The predicted octanol–water partition coefficient (Wildman–Crippen LogP) is 0.674. The number of fused-ring (bicyclic) bond motifs is 5. The molecule has 6 heteroatoms. The third-order valence-electron chi connectivity index (χ3n) is 9.14. The molecule has 0 amide bonds. The first-order chi connectivity index (χ1) is 12.9. The van der Waals surface area contributed by atoms with Crippen LogP contribution in [-0.4, -0.2) is 45.3 Å². The van der Waals surface area contributed by atoms with Crippen molar-refractivity contribution in [1.29, 1.82) is 0 Å². The van der Waals surface area contributed by atoms with Crippen molar-refractivity contribution in [3.63, 3.8) is 0 Å². The number of aliphatic hydroxyl groups excluding tert-OH is 1. The number of hydrogen-bond acceptors (Lipinski definition) is 6. The summed E-state index contributed by atoms with van der Waals surface area (Å²) >= 11 is 0. The van der Waals surface area contributed by atoms with Crippen LogP contribution in [0.2, 0.25) is 0 Å². The molecule has 28 heavy (non-hydrogen) atoms. The Hall–Kier alpha value is -1.31. The molecule has 0 aromatic rings. The number of hydrogen-bond donors (Lipinski definition) is 5. The van der Waals surface area contributed by atoms with E-state index in [-0.39, 0.29) is 12.3 Å². The van der Waals surface area contributed by atoms with E-state index in [1.54, 1.807) is 0 Å². The second-order valence-corrected chi connectivity index (χ2v) is 9.93. The highest BCUT2D eigenvalue weighted by Gasteiger charge is 2.76. The fourth-order valence-corrected chi connectivity index (χ4v) is 7.21. The molecule has 0 aromatic carbocycles. The van der Waals surface area contributed by atoms with Crippen LogP contribution >= 0.6 is 0 Å². The summed E-state index contributed by atoms with van der Waals surface area (Å²) in [6.45, 7) is 7.34. The second-order valence-electron chi connectivity index (χ2n) is 9.93. The molecule has 0 saturated heterocycles. The van der Waals surface area contributed by atoms with Gasteiger partial charge in [-0.05, 0) is 43.6 Å². The lowest BCUT2D eigenvalue weighted by Gasteiger charge is -2.68. The zero-order valence-corrected chi connectivity index (χ0v) is 16.9. The van der Waals surface area contributed by atoms with Gasteiger partial charge in [0.1, 0.15) is 12.2 Å². The average Bonchev–Trinajstić information content (AvgIpc) is 2.85. The number of nitrogens with two attached hydrogens (primary N) is 3. The largest absolute Gasteiger partial charge is 0.388 e. The summed E-state index contributed by atoms with van der Waals surface area (Å²) < 4.78 is 0. The number of aliphatic hydroxyl groups is 2. The van der Waals surface area contributed by atoms with Gasteiger partial charge in [0.15, 0.2) is 5.78 Å². The zero-order valence-electron chi connectivity index (χ0n) is 16.9. The van der Waals surface area contributed by atoms with Crippen molar-refractivity contribution in [1.82, 2.24) is 0 Å². The first-order valence-electron chi connectivity index (χ1n) is 10.2. The van der Waals surface area contributed by atoms with Gasteiger partial charge in [0, 0.05) is 27.9 Å². The van der Waals surface area contributed by atoms with Crippen LogP contribution in [0, 0.1) is 16.7 Å². The van der Waals surface area contributed by atoms with Crippen molar-refractivity contribution >= 4 is 5.78 Å². The van der Waals surface area contributed by atoms with Crippen molar-refractivity contribution in [2.75, 3.05) is 6.61 Å². The van der Waals surface area contributed by atoms with Crippen LogP contribution in [0.4, 0.5) is 0 Å². The van der Waals surface area contributed by atoms with Crippen molar-refractivity contribution < 1.29 is 15.0 Å². The lowest BCUT2D eigenvalue weighted by Crippen LogP contribution is -2.83. The van der Waals surface area contributed by atoms with Gasteiger partial charge in [-0.3, -0.25) is 4.79 Å². The van der Waals surface area contributed by atoms with Crippen LogP contribution in [0.25, 0.3) is 0 Å². The van der Waals surface area contributed by atoms with Gasteiger partial charge >= 0.3 is 0 Å². The number of carbonyl (C=O) groups excluding carboxylic acids is 1. The van der Waals surface area contributed by atoms with Crippen molar-refractivity contribution in [2.45, 2.75) is 68.7 Å². The fraction of sp³-hybridized carbons (Fsp3) is 0.682. The minimum absolute atomic E-state index is 0.160. The Labute approximate surface area is 166 Å². The Morgan fingerprint density at radius 1 is 1.32 bits per heavy atom. The van der Waals surface area contributed by atoms with E-state index in [1.165, 1.54) is 5.57 Å². The number of ketones is 1. The summed E-state index contributed by atoms with van der Waals surface area (Å²) in [4.78, 5) is 12.6. The molecule has 8 N–H and O–H groups in total. The molecule has 0 bridgehead atoms. The minimum Gasteiger partial charge on any atom is -0.388 e. The zero-order chi connectivity index (χ0) is 20.8. The number of Topliss-reactive ketones (excluding diaryl/α,β-unsaturated/α-hetero) is 1. The molecule has 0 unspecified atom stereocenters. The van der Waals surface area contributed by atoms with Gasteiger partial charge in [0.2, 0.25) is 0 Å². The molecule has 3 saturated carbocycles. The molecule has 7 atom stereocenters. The minimum atomic E-state index is -1.68. The number of rotatable bonds is 2. The molecule has 0 heterocycles. The average molecular weight is 388 g/mol. The maximum absolute atomic E-state index is 12.6. The molecule has 4 aliphatic carbocycles. The Bertz CT molecular complexity index is 822. The third-order valence-corrected chi connectivity index (χ3v) is 9.14. The first-order valence-corrected chi connectivity index (χ1v) is 10.2. The molecule has 154 valence electrons. The number of carbonyl (C=O) groups is 1. The maximum Gasteiger partial charge on any atom is 0.190 e. The molecular weight excluding hydrogens is 354 g/mol. The standard InChI is InChI=1S/C22H33N3O3/c1-13-6-7-18(2)14(10-13)4-5-15-20(24)8-9-21(28,17(27)12-26)19(20,3)11-16(23)22(15,18)25/h6-7,10,15-16,26,28H,1,4-5,8-9,11-12,23-25H2,2-3H3/t15-,16-,18-,19-,20+,21-,22-/m0/s1. The topological polar surface area (TPSA) is 136 Å². The summed E-state index contributed by atoms with van der Waals surface area (Å²) in [6, 6.07) is -0.458. The van der Waals surface area contributed by atoms with Crippen LogP contribution in [-0.2, 0) is 4.79 Å². The van der Waals surface area contributed by atoms with E-state index in [4.69, 9.17) is 17.2 Å². The van der Waals surface area contributed by atoms with Crippen LogP contribution in [0.5, 0.6) is 0 Å². The summed E-state index contributed by atoms with van der Waals surface area (Å²) in [5.41, 5.74) is 18.5. The van der Waals surface area contributed by atoms with Gasteiger partial charge in [0.25, 0.3) is 0 Å². The third kappa shape index (κ3) is 1.93. The molecule has 0 aromatic heterocycles.